The summed E-state index contributed by atoms with van der Waals surface area (Å²) < 4.78 is 5.08. The number of methoxy groups -OCH3 is 1. The number of ether oxygens (including phenoxy) is 1. The maximum absolute atomic E-state index is 11.0. The van der Waals surface area contributed by atoms with Crippen molar-refractivity contribution in [2.45, 2.75) is 26.3 Å². The van der Waals surface area contributed by atoms with Gasteiger partial charge in [0, 0.05) is 12.2 Å². The summed E-state index contributed by atoms with van der Waals surface area (Å²) in [5.74, 6) is -0.0394. The maximum atomic E-state index is 11.0. The first-order valence-corrected chi connectivity index (χ1v) is 5.73. The van der Waals surface area contributed by atoms with Crippen LogP contribution in [0.4, 0.5) is 5.69 Å². The lowest BCUT2D eigenvalue weighted by molar-refractivity contribution is -0.138. The van der Waals surface area contributed by atoms with Gasteiger partial charge in [-0.15, -0.1) is 0 Å². The molecule has 1 atom stereocenters. The molecule has 1 rings (SSSR count). The number of carbonyl (C=O) groups is 1. The third-order valence-corrected chi connectivity index (χ3v) is 2.69. The second kappa shape index (κ2) is 6.13. The maximum Gasteiger partial charge on any atom is 0.326 e. The van der Waals surface area contributed by atoms with Crippen LogP contribution in [0.5, 0.6) is 5.75 Å². The summed E-state index contributed by atoms with van der Waals surface area (Å²) in [6.45, 7) is 4.45. The lowest BCUT2D eigenvalue weighted by Crippen LogP contribution is -2.39. The Balaban J connectivity index is 2.92. The summed E-state index contributed by atoms with van der Waals surface area (Å²) in [5.41, 5.74) is 0.905. The predicted molar refractivity (Wildman–Crippen MR) is 67.7 cm³/mol. The van der Waals surface area contributed by atoms with Gasteiger partial charge in [0.05, 0.1) is 7.11 Å². The number of anilines is 1. The molecule has 1 aromatic carbocycles. The van der Waals surface area contributed by atoms with Crippen molar-refractivity contribution in [1.82, 2.24) is 0 Å². The van der Waals surface area contributed by atoms with E-state index in [0.29, 0.717) is 0 Å². The van der Waals surface area contributed by atoms with E-state index in [1.165, 1.54) is 0 Å². The Morgan fingerprint density at radius 1 is 1.41 bits per heavy atom. The molecular weight excluding hydrogens is 218 g/mol. The van der Waals surface area contributed by atoms with E-state index in [0.717, 1.165) is 24.4 Å². The highest BCUT2D eigenvalue weighted by atomic mass is 16.5. The molecule has 0 aromatic heterocycles. The van der Waals surface area contributed by atoms with Crippen molar-refractivity contribution in [1.29, 1.82) is 0 Å². The van der Waals surface area contributed by atoms with E-state index in [-0.39, 0.29) is 0 Å². The van der Waals surface area contributed by atoms with Crippen LogP contribution in [-0.2, 0) is 4.79 Å². The van der Waals surface area contributed by atoms with Crippen molar-refractivity contribution in [3.05, 3.63) is 24.3 Å². The standard InChI is InChI=1S/C13H19NO3/c1-4-9-14(10(2)13(15)16)11-5-7-12(17-3)8-6-11/h5-8,10H,4,9H2,1-3H3,(H,15,16). The first-order chi connectivity index (χ1) is 8.10. The van der Waals surface area contributed by atoms with Crippen LogP contribution >= 0.6 is 0 Å². The van der Waals surface area contributed by atoms with Crippen LogP contribution in [0.25, 0.3) is 0 Å². The monoisotopic (exact) mass is 237 g/mol. The molecule has 1 aromatic rings. The van der Waals surface area contributed by atoms with Gasteiger partial charge < -0.3 is 14.7 Å². The van der Waals surface area contributed by atoms with Crippen LogP contribution in [0.2, 0.25) is 0 Å². The Bertz CT molecular complexity index is 361. The minimum atomic E-state index is -0.811. The lowest BCUT2D eigenvalue weighted by atomic mass is 10.2. The minimum Gasteiger partial charge on any atom is -0.497 e. The molecule has 0 aliphatic heterocycles. The summed E-state index contributed by atoms with van der Waals surface area (Å²) in [6.07, 6.45) is 0.906. The number of nitrogens with zero attached hydrogens (tertiary/aromatic N) is 1. The zero-order valence-corrected chi connectivity index (χ0v) is 10.5. The third-order valence-electron chi connectivity index (χ3n) is 2.69. The Labute approximate surface area is 102 Å². The van der Waals surface area contributed by atoms with Gasteiger partial charge in [-0.2, -0.15) is 0 Å². The normalized spacial score (nSPS) is 11.9. The lowest BCUT2D eigenvalue weighted by Gasteiger charge is -2.28. The summed E-state index contributed by atoms with van der Waals surface area (Å²) >= 11 is 0. The van der Waals surface area contributed by atoms with Crippen LogP contribution in [-0.4, -0.2) is 30.8 Å². The second-order valence-corrected chi connectivity index (χ2v) is 3.91. The number of hydrogen-bond acceptors (Lipinski definition) is 3. The first-order valence-electron chi connectivity index (χ1n) is 5.73. The zero-order valence-electron chi connectivity index (χ0n) is 10.5. The van der Waals surface area contributed by atoms with Gasteiger partial charge in [-0.25, -0.2) is 4.79 Å². The largest absolute Gasteiger partial charge is 0.497 e. The van der Waals surface area contributed by atoms with Gasteiger partial charge in [-0.3, -0.25) is 0 Å². The molecule has 4 nitrogen and oxygen atoms in total. The van der Waals surface area contributed by atoms with Crippen LogP contribution in [0.3, 0.4) is 0 Å². The molecule has 0 amide bonds. The van der Waals surface area contributed by atoms with Crippen molar-refractivity contribution in [3.8, 4) is 5.75 Å². The Morgan fingerprint density at radius 2 is 2.00 bits per heavy atom. The van der Waals surface area contributed by atoms with Gasteiger partial charge in [0.2, 0.25) is 0 Å². The summed E-state index contributed by atoms with van der Waals surface area (Å²) in [7, 11) is 1.61. The summed E-state index contributed by atoms with van der Waals surface area (Å²) in [6, 6.07) is 6.92. The number of hydrogen-bond donors (Lipinski definition) is 1. The molecule has 0 heterocycles. The highest BCUT2D eigenvalue weighted by Gasteiger charge is 2.20. The van der Waals surface area contributed by atoms with E-state index < -0.39 is 12.0 Å². The SMILES string of the molecule is CCCN(c1ccc(OC)cc1)C(C)C(=O)O. The number of carboxylic acids is 1. The van der Waals surface area contributed by atoms with Crippen LogP contribution in [0.15, 0.2) is 24.3 Å². The van der Waals surface area contributed by atoms with Crippen LogP contribution in [0.1, 0.15) is 20.3 Å². The van der Waals surface area contributed by atoms with Crippen molar-refractivity contribution in [2.24, 2.45) is 0 Å². The van der Waals surface area contributed by atoms with E-state index in [4.69, 9.17) is 9.84 Å². The van der Waals surface area contributed by atoms with Gasteiger partial charge in [0.1, 0.15) is 11.8 Å². The molecule has 1 unspecified atom stereocenters. The molecule has 0 bridgehead atoms. The number of rotatable bonds is 6. The Hall–Kier alpha value is -1.71. The van der Waals surface area contributed by atoms with E-state index >= 15 is 0 Å². The second-order valence-electron chi connectivity index (χ2n) is 3.91. The fourth-order valence-electron chi connectivity index (χ4n) is 1.69. The van der Waals surface area contributed by atoms with E-state index in [1.807, 2.05) is 36.1 Å². The fraction of sp³-hybridized carbons (Fsp3) is 0.462. The Morgan fingerprint density at radius 3 is 2.41 bits per heavy atom. The van der Waals surface area contributed by atoms with Gasteiger partial charge in [0.25, 0.3) is 0 Å². The quantitative estimate of drug-likeness (QED) is 0.825. The van der Waals surface area contributed by atoms with Gasteiger partial charge in [0.15, 0.2) is 0 Å². The molecular formula is C13H19NO3. The van der Waals surface area contributed by atoms with Gasteiger partial charge in [-0.05, 0) is 37.6 Å². The molecule has 0 aliphatic rings. The molecule has 0 saturated heterocycles. The molecule has 0 saturated carbocycles. The van der Waals surface area contributed by atoms with Crippen molar-refractivity contribution < 1.29 is 14.6 Å². The molecule has 4 heteroatoms. The molecule has 1 N–H and O–H groups in total. The molecule has 94 valence electrons. The molecule has 0 spiro atoms. The predicted octanol–water partition coefficient (Wildman–Crippen LogP) is 2.38. The zero-order chi connectivity index (χ0) is 12.8. The van der Waals surface area contributed by atoms with Crippen molar-refractivity contribution >= 4 is 11.7 Å². The first kappa shape index (κ1) is 13.4. The van der Waals surface area contributed by atoms with Crippen molar-refractivity contribution in [2.75, 3.05) is 18.6 Å². The highest BCUT2D eigenvalue weighted by molar-refractivity contribution is 5.77. The van der Waals surface area contributed by atoms with E-state index in [9.17, 15) is 4.79 Å². The van der Waals surface area contributed by atoms with Crippen molar-refractivity contribution in [3.63, 3.8) is 0 Å². The topological polar surface area (TPSA) is 49.8 Å². The van der Waals surface area contributed by atoms with E-state index in [1.54, 1.807) is 14.0 Å². The molecule has 0 fully saturated rings. The van der Waals surface area contributed by atoms with Crippen LogP contribution < -0.4 is 9.64 Å². The van der Waals surface area contributed by atoms with E-state index in [2.05, 4.69) is 0 Å². The Kier molecular flexibility index (Phi) is 4.82. The average molecular weight is 237 g/mol. The average Bonchev–Trinajstić information content (AvgIpc) is 2.35. The smallest absolute Gasteiger partial charge is 0.326 e. The highest BCUT2D eigenvalue weighted by Crippen LogP contribution is 2.21. The summed E-state index contributed by atoms with van der Waals surface area (Å²) in [4.78, 5) is 12.9. The number of carboxylic acid groups (broad SMARTS) is 1. The molecule has 0 radical (unpaired) electrons. The molecule has 0 aliphatic carbocycles. The third kappa shape index (κ3) is 3.37. The van der Waals surface area contributed by atoms with Gasteiger partial charge in [-0.1, -0.05) is 6.92 Å². The minimum absolute atomic E-state index is 0.525. The summed E-state index contributed by atoms with van der Waals surface area (Å²) in [5, 5.41) is 9.07. The number of benzene rings is 1. The number of aliphatic carboxylic acids is 1. The van der Waals surface area contributed by atoms with Gasteiger partial charge >= 0.3 is 5.97 Å². The molecule has 17 heavy (non-hydrogen) atoms. The van der Waals surface area contributed by atoms with Crippen LogP contribution in [0, 0.1) is 0 Å². The fourth-order valence-corrected chi connectivity index (χ4v) is 1.69.